The number of aromatic nitrogens is 5. The SMILES string of the molecule is NC(=O)c1nnn(-c2cccnc2)n1. The van der Waals surface area contributed by atoms with Crippen molar-refractivity contribution in [1.82, 2.24) is 25.2 Å². The van der Waals surface area contributed by atoms with E-state index in [0.29, 0.717) is 5.69 Å². The minimum absolute atomic E-state index is 0.117. The first-order valence-electron chi connectivity index (χ1n) is 3.77. The Morgan fingerprint density at radius 3 is 2.93 bits per heavy atom. The van der Waals surface area contributed by atoms with Crippen LogP contribution in [0.25, 0.3) is 5.69 Å². The molecule has 0 radical (unpaired) electrons. The molecule has 70 valence electrons. The maximum Gasteiger partial charge on any atom is 0.290 e. The summed E-state index contributed by atoms with van der Waals surface area (Å²) >= 11 is 0. The molecule has 0 unspecified atom stereocenters. The second-order valence-electron chi connectivity index (χ2n) is 2.48. The Bertz CT molecular complexity index is 450. The third kappa shape index (κ3) is 1.42. The monoisotopic (exact) mass is 190 g/mol. The summed E-state index contributed by atoms with van der Waals surface area (Å²) in [6, 6.07) is 3.46. The molecule has 2 aromatic rings. The fourth-order valence-electron chi connectivity index (χ4n) is 0.894. The first-order chi connectivity index (χ1) is 6.77. The fourth-order valence-corrected chi connectivity index (χ4v) is 0.894. The second-order valence-corrected chi connectivity index (χ2v) is 2.48. The number of nitrogens with two attached hydrogens (primary N) is 1. The maximum absolute atomic E-state index is 10.7. The number of primary amides is 1. The molecule has 14 heavy (non-hydrogen) atoms. The molecule has 0 aliphatic rings. The molecule has 1 amide bonds. The zero-order valence-corrected chi connectivity index (χ0v) is 7.03. The summed E-state index contributed by atoms with van der Waals surface area (Å²) < 4.78 is 0. The zero-order chi connectivity index (χ0) is 9.97. The third-order valence-corrected chi connectivity index (χ3v) is 1.51. The molecular formula is C7H6N6O. The van der Waals surface area contributed by atoms with Crippen molar-refractivity contribution in [2.75, 3.05) is 0 Å². The van der Waals surface area contributed by atoms with Gasteiger partial charge in [-0.15, -0.1) is 15.0 Å². The molecule has 0 saturated carbocycles. The van der Waals surface area contributed by atoms with Gasteiger partial charge in [0.1, 0.15) is 5.69 Å². The molecule has 2 rings (SSSR count). The molecule has 0 aromatic carbocycles. The van der Waals surface area contributed by atoms with Gasteiger partial charge in [-0.25, -0.2) is 0 Å². The minimum Gasteiger partial charge on any atom is -0.363 e. The first-order valence-corrected chi connectivity index (χ1v) is 3.77. The summed E-state index contributed by atoms with van der Waals surface area (Å²) in [4.78, 5) is 15.7. The highest BCUT2D eigenvalue weighted by Gasteiger charge is 2.08. The van der Waals surface area contributed by atoms with Crippen molar-refractivity contribution < 1.29 is 4.79 Å². The van der Waals surface area contributed by atoms with Crippen LogP contribution in [0, 0.1) is 0 Å². The third-order valence-electron chi connectivity index (χ3n) is 1.51. The molecule has 0 saturated heterocycles. The molecule has 7 nitrogen and oxygen atoms in total. The quantitative estimate of drug-likeness (QED) is 0.665. The summed E-state index contributed by atoms with van der Waals surface area (Å²) in [5.74, 6) is -0.825. The number of nitrogens with zero attached hydrogens (tertiary/aromatic N) is 5. The highest BCUT2D eigenvalue weighted by molar-refractivity contribution is 5.88. The lowest BCUT2D eigenvalue weighted by molar-refractivity contribution is 0.0990. The average Bonchev–Trinajstić information content (AvgIpc) is 2.68. The van der Waals surface area contributed by atoms with Crippen molar-refractivity contribution in [2.24, 2.45) is 5.73 Å². The van der Waals surface area contributed by atoms with E-state index in [1.54, 1.807) is 24.5 Å². The van der Waals surface area contributed by atoms with E-state index in [-0.39, 0.29) is 5.82 Å². The van der Waals surface area contributed by atoms with Crippen molar-refractivity contribution >= 4 is 5.91 Å². The van der Waals surface area contributed by atoms with Gasteiger partial charge in [-0.05, 0) is 17.3 Å². The predicted molar refractivity (Wildman–Crippen MR) is 45.5 cm³/mol. The lowest BCUT2D eigenvalue weighted by Gasteiger charge is -1.93. The summed E-state index contributed by atoms with van der Waals surface area (Å²) in [7, 11) is 0. The summed E-state index contributed by atoms with van der Waals surface area (Å²) in [5, 5.41) is 10.9. The lowest BCUT2D eigenvalue weighted by atomic mass is 10.4. The van der Waals surface area contributed by atoms with Crippen LogP contribution in [0.1, 0.15) is 10.6 Å². The number of hydrogen-bond acceptors (Lipinski definition) is 5. The van der Waals surface area contributed by atoms with Crippen LogP contribution < -0.4 is 5.73 Å². The highest BCUT2D eigenvalue weighted by atomic mass is 16.1. The van der Waals surface area contributed by atoms with Crippen LogP contribution in [0.3, 0.4) is 0 Å². The Morgan fingerprint density at radius 1 is 1.50 bits per heavy atom. The number of hydrogen-bond donors (Lipinski definition) is 1. The topological polar surface area (TPSA) is 99.6 Å². The van der Waals surface area contributed by atoms with E-state index in [1.807, 2.05) is 0 Å². The van der Waals surface area contributed by atoms with Crippen LogP contribution in [0.4, 0.5) is 0 Å². The molecule has 7 heteroatoms. The minimum atomic E-state index is -0.708. The Hall–Kier alpha value is -2.31. The van der Waals surface area contributed by atoms with E-state index in [2.05, 4.69) is 20.4 Å². The summed E-state index contributed by atoms with van der Waals surface area (Å²) in [5.41, 5.74) is 5.59. The molecule has 0 bridgehead atoms. The van der Waals surface area contributed by atoms with Crippen LogP contribution in [0.15, 0.2) is 24.5 Å². The molecule has 0 aliphatic heterocycles. The standard InChI is InChI=1S/C7H6N6O/c8-6(14)7-10-12-13(11-7)5-2-1-3-9-4-5/h1-4H,(H2,8,14). The average molecular weight is 190 g/mol. The molecule has 0 fully saturated rings. The van der Waals surface area contributed by atoms with Crippen molar-refractivity contribution in [2.45, 2.75) is 0 Å². The highest BCUT2D eigenvalue weighted by Crippen LogP contribution is 1.99. The molecule has 0 atom stereocenters. The first kappa shape index (κ1) is 8.30. The van der Waals surface area contributed by atoms with Crippen LogP contribution in [0.2, 0.25) is 0 Å². The Kier molecular flexibility index (Phi) is 1.90. The summed E-state index contributed by atoms with van der Waals surface area (Å²) in [6.45, 7) is 0. The van der Waals surface area contributed by atoms with Gasteiger partial charge in [-0.2, -0.15) is 0 Å². The van der Waals surface area contributed by atoms with E-state index in [4.69, 9.17) is 5.73 Å². The van der Waals surface area contributed by atoms with Gasteiger partial charge in [0, 0.05) is 6.20 Å². The van der Waals surface area contributed by atoms with E-state index in [0.717, 1.165) is 0 Å². The normalized spacial score (nSPS) is 10.0. The molecule has 0 spiro atoms. The predicted octanol–water partition coefficient (Wildman–Crippen LogP) is -0.844. The fraction of sp³-hybridized carbons (Fsp3) is 0. The number of carbonyl (C=O) groups excluding carboxylic acids is 1. The van der Waals surface area contributed by atoms with Crippen molar-refractivity contribution in [3.05, 3.63) is 30.4 Å². The van der Waals surface area contributed by atoms with Crippen molar-refractivity contribution in [1.29, 1.82) is 0 Å². The van der Waals surface area contributed by atoms with Crippen LogP contribution in [-0.4, -0.2) is 31.1 Å². The smallest absolute Gasteiger partial charge is 0.290 e. The van der Waals surface area contributed by atoms with E-state index in [9.17, 15) is 4.79 Å². The van der Waals surface area contributed by atoms with Crippen LogP contribution in [-0.2, 0) is 0 Å². The Labute approximate surface area is 78.6 Å². The van der Waals surface area contributed by atoms with Gasteiger partial charge in [0.25, 0.3) is 11.7 Å². The van der Waals surface area contributed by atoms with Gasteiger partial charge in [-0.3, -0.25) is 9.78 Å². The van der Waals surface area contributed by atoms with E-state index in [1.165, 1.54) is 4.80 Å². The van der Waals surface area contributed by atoms with Crippen molar-refractivity contribution in [3.8, 4) is 5.69 Å². The van der Waals surface area contributed by atoms with Gasteiger partial charge < -0.3 is 5.73 Å². The zero-order valence-electron chi connectivity index (χ0n) is 7.03. The molecular weight excluding hydrogens is 184 g/mol. The summed E-state index contributed by atoms with van der Waals surface area (Å²) in [6.07, 6.45) is 3.17. The lowest BCUT2D eigenvalue weighted by Crippen LogP contribution is -2.13. The van der Waals surface area contributed by atoms with Gasteiger partial charge in [-0.1, -0.05) is 0 Å². The van der Waals surface area contributed by atoms with Crippen LogP contribution in [0.5, 0.6) is 0 Å². The van der Waals surface area contributed by atoms with E-state index >= 15 is 0 Å². The maximum atomic E-state index is 10.7. The Balaban J connectivity index is 2.39. The second kappa shape index (κ2) is 3.21. The van der Waals surface area contributed by atoms with Gasteiger partial charge in [0.15, 0.2) is 0 Å². The molecule has 2 N–H and O–H groups in total. The number of carbonyl (C=O) groups is 1. The largest absolute Gasteiger partial charge is 0.363 e. The van der Waals surface area contributed by atoms with Gasteiger partial charge in [0.05, 0.1) is 6.20 Å². The van der Waals surface area contributed by atoms with Gasteiger partial charge in [0.2, 0.25) is 0 Å². The number of rotatable bonds is 2. The van der Waals surface area contributed by atoms with Crippen molar-refractivity contribution in [3.63, 3.8) is 0 Å². The van der Waals surface area contributed by atoms with E-state index < -0.39 is 5.91 Å². The molecule has 2 heterocycles. The number of amides is 1. The van der Waals surface area contributed by atoms with Crippen LogP contribution >= 0.6 is 0 Å². The van der Waals surface area contributed by atoms with Gasteiger partial charge >= 0.3 is 0 Å². The molecule has 0 aliphatic carbocycles. The molecule has 2 aromatic heterocycles. The Morgan fingerprint density at radius 2 is 2.36 bits per heavy atom. The number of pyridine rings is 1. The number of tetrazole rings is 1.